The predicted molar refractivity (Wildman–Crippen MR) is 41.2 cm³/mol. The van der Waals surface area contributed by atoms with E-state index >= 15 is 0 Å². The van der Waals surface area contributed by atoms with Gasteiger partial charge in [0.1, 0.15) is 0 Å². The van der Waals surface area contributed by atoms with Crippen LogP contribution < -0.4 is 0 Å². The molecule has 0 aliphatic rings. The van der Waals surface area contributed by atoms with Gasteiger partial charge in [0.25, 0.3) is 0 Å². The molecule has 2 N–H and O–H groups in total. The first kappa shape index (κ1) is 12.8. The van der Waals surface area contributed by atoms with Crippen LogP contribution in [0.15, 0.2) is 0 Å². The van der Waals surface area contributed by atoms with Gasteiger partial charge in [-0.25, -0.2) is 0 Å². The van der Waals surface area contributed by atoms with E-state index in [1.165, 1.54) is 0 Å². The van der Waals surface area contributed by atoms with E-state index in [-0.39, 0.29) is 44.3 Å². The molecule has 0 aromatic heterocycles. The predicted octanol–water partition coefficient (Wildman–Crippen LogP) is -0.386. The molecule has 0 radical (unpaired) electrons. The molecule has 0 fully saturated rings. The van der Waals surface area contributed by atoms with E-state index in [4.69, 9.17) is 10.2 Å². The first-order valence-electron chi connectivity index (χ1n) is 3.10. The number of aliphatic hydroxyl groups excluding tert-OH is 2. The zero-order chi connectivity index (χ0) is 6.41. The fourth-order valence-corrected chi connectivity index (χ4v) is 0.531. The van der Waals surface area contributed by atoms with Crippen LogP contribution in [0.3, 0.4) is 0 Å². The standard InChI is InChI=1S/C6H14O2.Ca.2H/c1-2-3-4-6(8)5-7;;;/h6-8H,2-5H2,1H3;;;. The van der Waals surface area contributed by atoms with Crippen molar-refractivity contribution >= 4 is 37.7 Å². The zero-order valence-electron chi connectivity index (χ0n) is 5.30. The molecule has 0 amide bonds. The molecule has 0 aromatic rings. The van der Waals surface area contributed by atoms with Crippen LogP contribution >= 0.6 is 0 Å². The second-order valence-corrected chi connectivity index (χ2v) is 1.98. The fourth-order valence-electron chi connectivity index (χ4n) is 0.531. The third kappa shape index (κ3) is 9.18. The molecule has 0 aliphatic carbocycles. The average Bonchev–Trinajstić information content (AvgIpc) is 1.83. The van der Waals surface area contributed by atoms with Gasteiger partial charge in [-0.3, -0.25) is 0 Å². The molecular weight excluding hydrogens is 144 g/mol. The molecule has 54 valence electrons. The topological polar surface area (TPSA) is 40.5 Å². The van der Waals surface area contributed by atoms with Gasteiger partial charge in [0.2, 0.25) is 0 Å². The van der Waals surface area contributed by atoms with Crippen molar-refractivity contribution in [3.05, 3.63) is 0 Å². The summed E-state index contributed by atoms with van der Waals surface area (Å²) in [6, 6.07) is 0. The molecule has 1 atom stereocenters. The van der Waals surface area contributed by atoms with Crippen LogP contribution in [-0.4, -0.2) is 60.7 Å². The number of unbranched alkanes of at least 4 members (excludes halogenated alkanes) is 1. The van der Waals surface area contributed by atoms with Crippen LogP contribution in [0.4, 0.5) is 0 Å². The van der Waals surface area contributed by atoms with Crippen molar-refractivity contribution < 1.29 is 10.2 Å². The van der Waals surface area contributed by atoms with Gasteiger partial charge < -0.3 is 10.2 Å². The first-order chi connectivity index (χ1) is 3.81. The van der Waals surface area contributed by atoms with Crippen molar-refractivity contribution in [1.82, 2.24) is 0 Å². The molecule has 0 saturated carbocycles. The summed E-state index contributed by atoms with van der Waals surface area (Å²) in [7, 11) is 0. The fraction of sp³-hybridized carbons (Fsp3) is 1.00. The summed E-state index contributed by atoms with van der Waals surface area (Å²) in [5.41, 5.74) is 0. The Morgan fingerprint density at radius 3 is 2.33 bits per heavy atom. The molecule has 9 heavy (non-hydrogen) atoms. The normalized spacial score (nSPS) is 12.3. The molecule has 0 bridgehead atoms. The minimum absolute atomic E-state index is 0. The van der Waals surface area contributed by atoms with E-state index in [9.17, 15) is 0 Å². The summed E-state index contributed by atoms with van der Waals surface area (Å²) in [6.45, 7) is 1.96. The Labute approximate surface area is 86.3 Å². The summed E-state index contributed by atoms with van der Waals surface area (Å²) in [6.07, 6.45) is 2.32. The van der Waals surface area contributed by atoms with Gasteiger partial charge in [-0.2, -0.15) is 0 Å². The van der Waals surface area contributed by atoms with E-state index in [0.717, 1.165) is 19.3 Å². The summed E-state index contributed by atoms with van der Waals surface area (Å²) >= 11 is 0. The van der Waals surface area contributed by atoms with Gasteiger partial charge in [-0.05, 0) is 6.42 Å². The third-order valence-corrected chi connectivity index (χ3v) is 1.10. The summed E-state index contributed by atoms with van der Waals surface area (Å²) in [5.74, 6) is 0. The van der Waals surface area contributed by atoms with E-state index in [0.29, 0.717) is 0 Å². The van der Waals surface area contributed by atoms with Crippen molar-refractivity contribution in [2.45, 2.75) is 32.3 Å². The van der Waals surface area contributed by atoms with Gasteiger partial charge in [-0.15, -0.1) is 0 Å². The molecule has 0 heterocycles. The SMILES string of the molecule is CCCCC(O)CO.[CaH2]. The minimum atomic E-state index is -0.491. The van der Waals surface area contributed by atoms with Gasteiger partial charge in [0.15, 0.2) is 0 Å². The summed E-state index contributed by atoms with van der Waals surface area (Å²) < 4.78 is 0. The molecule has 0 rings (SSSR count). The summed E-state index contributed by atoms with van der Waals surface area (Å²) in [5, 5.41) is 17.1. The van der Waals surface area contributed by atoms with Crippen molar-refractivity contribution in [1.29, 1.82) is 0 Å². The van der Waals surface area contributed by atoms with E-state index < -0.39 is 6.10 Å². The van der Waals surface area contributed by atoms with Crippen LogP contribution in [0, 0.1) is 0 Å². The number of hydrogen-bond acceptors (Lipinski definition) is 2. The van der Waals surface area contributed by atoms with E-state index in [1.54, 1.807) is 0 Å². The van der Waals surface area contributed by atoms with Crippen LogP contribution in [0.1, 0.15) is 26.2 Å². The third-order valence-electron chi connectivity index (χ3n) is 1.10. The Kier molecular flexibility index (Phi) is 13.1. The zero-order valence-corrected chi connectivity index (χ0v) is 5.30. The van der Waals surface area contributed by atoms with E-state index in [2.05, 4.69) is 6.92 Å². The van der Waals surface area contributed by atoms with Crippen LogP contribution in [-0.2, 0) is 0 Å². The summed E-state index contributed by atoms with van der Waals surface area (Å²) in [4.78, 5) is 0. The Morgan fingerprint density at radius 1 is 1.44 bits per heavy atom. The monoisotopic (exact) mass is 160 g/mol. The van der Waals surface area contributed by atoms with Crippen molar-refractivity contribution in [2.24, 2.45) is 0 Å². The first-order valence-corrected chi connectivity index (χ1v) is 3.10. The van der Waals surface area contributed by atoms with Gasteiger partial charge in [-0.1, -0.05) is 19.8 Å². The molecule has 0 spiro atoms. The van der Waals surface area contributed by atoms with E-state index in [1.807, 2.05) is 0 Å². The second kappa shape index (κ2) is 9.18. The molecule has 1 unspecified atom stereocenters. The quantitative estimate of drug-likeness (QED) is 0.550. The maximum atomic E-state index is 8.74. The van der Waals surface area contributed by atoms with Crippen LogP contribution in [0.25, 0.3) is 0 Å². The van der Waals surface area contributed by atoms with Crippen molar-refractivity contribution in [3.63, 3.8) is 0 Å². The number of hydrogen-bond donors (Lipinski definition) is 2. The molecular formula is C6H16CaO2. The Hall–Kier alpha value is 1.18. The van der Waals surface area contributed by atoms with Crippen molar-refractivity contribution in [3.8, 4) is 0 Å². The number of rotatable bonds is 4. The second-order valence-electron chi connectivity index (χ2n) is 1.98. The van der Waals surface area contributed by atoms with Crippen LogP contribution in [0.2, 0.25) is 0 Å². The molecule has 3 heteroatoms. The molecule has 0 aromatic carbocycles. The van der Waals surface area contributed by atoms with Gasteiger partial charge in [0.05, 0.1) is 12.7 Å². The van der Waals surface area contributed by atoms with Crippen LogP contribution in [0.5, 0.6) is 0 Å². The molecule has 2 nitrogen and oxygen atoms in total. The Bertz CT molecular complexity index is 50.3. The van der Waals surface area contributed by atoms with Gasteiger partial charge >= 0.3 is 37.7 Å². The molecule has 0 saturated heterocycles. The maximum absolute atomic E-state index is 8.74. The Balaban J connectivity index is 0. The van der Waals surface area contributed by atoms with Gasteiger partial charge in [0, 0.05) is 0 Å². The average molecular weight is 160 g/mol. The molecule has 0 aliphatic heterocycles. The number of aliphatic hydroxyl groups is 2. The Morgan fingerprint density at radius 2 is 2.00 bits per heavy atom. The van der Waals surface area contributed by atoms with Crippen molar-refractivity contribution in [2.75, 3.05) is 6.61 Å².